The number of hydrogen-bond acceptors (Lipinski definition) is 5. The number of amides is 1. The number of carbonyl (C=O) groups excluding carboxylic acids is 2. The smallest absolute Gasteiger partial charge is 0.359 e. The van der Waals surface area contributed by atoms with Crippen LogP contribution in [0.4, 0.5) is 0 Å². The molecular weight excluding hydrogens is 382 g/mol. The number of esters is 1. The van der Waals surface area contributed by atoms with Crippen molar-refractivity contribution in [1.82, 2.24) is 15.1 Å². The summed E-state index contributed by atoms with van der Waals surface area (Å²) in [6.45, 7) is 0.227. The van der Waals surface area contributed by atoms with Gasteiger partial charge in [0.15, 0.2) is 5.69 Å². The normalized spacial score (nSPS) is 14.0. The molecule has 0 radical (unpaired) electrons. The van der Waals surface area contributed by atoms with Crippen LogP contribution in [0.25, 0.3) is 0 Å². The fourth-order valence-electron chi connectivity index (χ4n) is 3.00. The molecule has 4 rings (SSSR count). The highest BCUT2D eigenvalue weighted by Gasteiger charge is 2.31. The first-order valence-electron chi connectivity index (χ1n) is 9.78. The van der Waals surface area contributed by atoms with Crippen molar-refractivity contribution in [3.05, 3.63) is 100.0 Å². The van der Waals surface area contributed by atoms with Crippen LogP contribution in [-0.2, 0) is 16.1 Å². The van der Waals surface area contributed by atoms with E-state index in [2.05, 4.69) is 10.4 Å². The van der Waals surface area contributed by atoms with Crippen molar-refractivity contribution in [1.29, 1.82) is 0 Å². The molecule has 1 fully saturated rings. The summed E-state index contributed by atoms with van der Waals surface area (Å²) in [5, 5.41) is 7.02. The molecule has 1 saturated carbocycles. The zero-order valence-corrected chi connectivity index (χ0v) is 16.2. The van der Waals surface area contributed by atoms with Crippen LogP contribution in [0.1, 0.15) is 40.6 Å². The highest BCUT2D eigenvalue weighted by Crippen LogP contribution is 2.23. The number of rotatable bonds is 7. The minimum atomic E-state index is -1.09. The van der Waals surface area contributed by atoms with Gasteiger partial charge in [0.1, 0.15) is 0 Å². The number of hydrogen-bond donors (Lipinski definition) is 1. The second-order valence-electron chi connectivity index (χ2n) is 7.18. The summed E-state index contributed by atoms with van der Waals surface area (Å²) in [6, 6.07) is 20.9. The lowest BCUT2D eigenvalue weighted by Crippen LogP contribution is -2.34. The Labute approximate surface area is 173 Å². The number of benzene rings is 2. The number of ether oxygens (including phenoxy) is 1. The lowest BCUT2D eigenvalue weighted by molar-refractivity contribution is -0.130. The maximum absolute atomic E-state index is 12.8. The molecule has 3 aromatic rings. The predicted molar refractivity (Wildman–Crippen MR) is 110 cm³/mol. The van der Waals surface area contributed by atoms with Crippen molar-refractivity contribution in [2.75, 3.05) is 0 Å². The highest BCUT2D eigenvalue weighted by atomic mass is 16.5. The van der Waals surface area contributed by atoms with E-state index >= 15 is 0 Å². The van der Waals surface area contributed by atoms with Gasteiger partial charge in [-0.1, -0.05) is 60.7 Å². The van der Waals surface area contributed by atoms with Gasteiger partial charge in [-0.2, -0.15) is 5.10 Å². The van der Waals surface area contributed by atoms with Crippen LogP contribution in [0.15, 0.2) is 77.6 Å². The zero-order chi connectivity index (χ0) is 20.9. The molecule has 1 aliphatic rings. The van der Waals surface area contributed by atoms with Crippen molar-refractivity contribution in [2.45, 2.75) is 31.5 Å². The Balaban J connectivity index is 1.55. The van der Waals surface area contributed by atoms with E-state index in [0.29, 0.717) is 5.56 Å². The lowest BCUT2D eigenvalue weighted by atomic mass is 10.1. The maximum Gasteiger partial charge on any atom is 0.359 e. The van der Waals surface area contributed by atoms with Crippen LogP contribution in [0, 0.1) is 0 Å². The van der Waals surface area contributed by atoms with Crippen LogP contribution in [0.2, 0.25) is 0 Å². The Hall–Kier alpha value is -3.74. The van der Waals surface area contributed by atoms with Crippen molar-refractivity contribution in [3.8, 4) is 0 Å². The first-order chi connectivity index (χ1) is 14.6. The van der Waals surface area contributed by atoms with Crippen molar-refractivity contribution >= 4 is 11.9 Å². The van der Waals surface area contributed by atoms with Gasteiger partial charge >= 0.3 is 5.97 Å². The topological polar surface area (TPSA) is 90.3 Å². The molecule has 1 amide bonds. The van der Waals surface area contributed by atoms with E-state index in [4.69, 9.17) is 4.74 Å². The van der Waals surface area contributed by atoms with Gasteiger partial charge in [0.25, 0.3) is 11.5 Å². The molecule has 152 valence electrons. The summed E-state index contributed by atoms with van der Waals surface area (Å²) >= 11 is 0. The third-order valence-electron chi connectivity index (χ3n) is 4.74. The Morgan fingerprint density at radius 2 is 1.67 bits per heavy atom. The van der Waals surface area contributed by atoms with Crippen LogP contribution >= 0.6 is 0 Å². The largest absolute Gasteiger partial charge is 0.443 e. The first kappa shape index (κ1) is 19.6. The van der Waals surface area contributed by atoms with Gasteiger partial charge < -0.3 is 10.1 Å². The molecule has 2 aromatic carbocycles. The molecule has 1 N–H and O–H groups in total. The molecule has 30 heavy (non-hydrogen) atoms. The summed E-state index contributed by atoms with van der Waals surface area (Å²) in [5.74, 6) is -1.13. The average Bonchev–Trinajstić information content (AvgIpc) is 3.58. The van der Waals surface area contributed by atoms with E-state index in [-0.39, 0.29) is 29.7 Å². The third kappa shape index (κ3) is 4.81. The number of nitrogens with zero attached hydrogens (tertiary/aromatic N) is 2. The Morgan fingerprint density at radius 3 is 2.33 bits per heavy atom. The molecule has 0 spiro atoms. The summed E-state index contributed by atoms with van der Waals surface area (Å²) < 4.78 is 6.73. The minimum absolute atomic E-state index is 0.0364. The second-order valence-corrected chi connectivity index (χ2v) is 7.18. The van der Waals surface area contributed by atoms with Gasteiger partial charge in [0.05, 0.1) is 6.54 Å². The quantitative estimate of drug-likeness (QED) is 0.612. The Morgan fingerprint density at radius 1 is 1.00 bits per heavy atom. The summed E-state index contributed by atoms with van der Waals surface area (Å²) in [5.41, 5.74) is 1.08. The number of carbonyl (C=O) groups is 2. The Bertz CT molecular complexity index is 1090. The van der Waals surface area contributed by atoms with Gasteiger partial charge in [-0.3, -0.25) is 9.59 Å². The van der Waals surface area contributed by atoms with Gasteiger partial charge in [-0.15, -0.1) is 0 Å². The molecule has 1 aromatic heterocycles. The van der Waals surface area contributed by atoms with Crippen molar-refractivity contribution in [2.24, 2.45) is 0 Å². The summed E-state index contributed by atoms with van der Waals surface area (Å²) in [4.78, 5) is 37.6. The average molecular weight is 403 g/mol. The SMILES string of the molecule is O=C(O[C@@H](C(=O)NC1CC1)c1ccccc1)c1ccc(=O)n(Cc2ccccc2)n1. The van der Waals surface area contributed by atoms with Crippen LogP contribution in [-0.4, -0.2) is 27.7 Å². The molecular formula is C23H21N3O4. The lowest BCUT2D eigenvalue weighted by Gasteiger charge is -2.18. The van der Waals surface area contributed by atoms with Gasteiger partial charge in [0.2, 0.25) is 6.10 Å². The highest BCUT2D eigenvalue weighted by molar-refractivity contribution is 5.91. The van der Waals surface area contributed by atoms with E-state index in [9.17, 15) is 14.4 Å². The van der Waals surface area contributed by atoms with E-state index in [0.717, 1.165) is 18.4 Å². The first-order valence-corrected chi connectivity index (χ1v) is 9.78. The molecule has 7 heteroatoms. The van der Waals surface area contributed by atoms with Crippen LogP contribution < -0.4 is 10.9 Å². The molecule has 0 bridgehead atoms. The maximum atomic E-state index is 12.8. The van der Waals surface area contributed by atoms with E-state index in [1.807, 2.05) is 36.4 Å². The summed E-state index contributed by atoms with van der Waals surface area (Å²) in [7, 11) is 0. The monoisotopic (exact) mass is 403 g/mol. The molecule has 0 aliphatic heterocycles. The third-order valence-corrected chi connectivity index (χ3v) is 4.74. The van der Waals surface area contributed by atoms with E-state index in [1.165, 1.54) is 16.8 Å². The van der Waals surface area contributed by atoms with Crippen LogP contribution in [0.5, 0.6) is 0 Å². The fourth-order valence-corrected chi connectivity index (χ4v) is 3.00. The van der Waals surface area contributed by atoms with Crippen molar-refractivity contribution in [3.63, 3.8) is 0 Å². The molecule has 0 unspecified atom stereocenters. The molecule has 7 nitrogen and oxygen atoms in total. The van der Waals surface area contributed by atoms with Gasteiger partial charge in [-0.05, 0) is 24.5 Å². The standard InChI is InChI=1S/C23H21N3O4/c27-20-14-13-19(25-26(20)15-16-7-3-1-4-8-16)23(29)30-21(17-9-5-2-6-10-17)22(28)24-18-11-12-18/h1-10,13-14,18,21H,11-12,15H2,(H,24,28)/t21-/m1/s1. The van der Waals surface area contributed by atoms with Crippen molar-refractivity contribution < 1.29 is 14.3 Å². The molecule has 0 saturated heterocycles. The number of nitrogens with one attached hydrogen (secondary N) is 1. The fraction of sp³-hybridized carbons (Fsp3) is 0.217. The molecule has 1 heterocycles. The zero-order valence-electron chi connectivity index (χ0n) is 16.2. The van der Waals surface area contributed by atoms with Gasteiger partial charge in [0, 0.05) is 17.7 Å². The predicted octanol–water partition coefficient (Wildman–Crippen LogP) is 2.47. The Kier molecular flexibility index (Phi) is 5.70. The second kappa shape index (κ2) is 8.73. The van der Waals surface area contributed by atoms with Crippen LogP contribution in [0.3, 0.4) is 0 Å². The summed E-state index contributed by atoms with van der Waals surface area (Å²) in [6.07, 6.45) is 0.760. The van der Waals surface area contributed by atoms with E-state index < -0.39 is 12.1 Å². The minimum Gasteiger partial charge on any atom is -0.443 e. The number of aromatic nitrogens is 2. The molecule has 1 atom stereocenters. The van der Waals surface area contributed by atoms with E-state index in [1.54, 1.807) is 24.3 Å². The van der Waals surface area contributed by atoms with Gasteiger partial charge in [-0.25, -0.2) is 9.48 Å². The molecule has 1 aliphatic carbocycles.